The molecule has 1 rings (SSSR count). The van der Waals surface area contributed by atoms with Crippen molar-refractivity contribution in [1.82, 2.24) is 14.9 Å². The van der Waals surface area contributed by atoms with E-state index in [-0.39, 0.29) is 10.9 Å². The minimum absolute atomic E-state index is 0.0847. The van der Waals surface area contributed by atoms with Crippen LogP contribution in [0.15, 0.2) is 0 Å². The summed E-state index contributed by atoms with van der Waals surface area (Å²) in [6.07, 6.45) is -2.29. The Morgan fingerprint density at radius 3 is 2.30 bits per heavy atom. The molecule has 0 aromatic heterocycles. The van der Waals surface area contributed by atoms with Crippen LogP contribution >= 0.6 is 0 Å². The number of β-lactam (4-membered cyclic amide) rings is 1. The Balaban J connectivity index is 2.66. The minimum atomic E-state index is -4.83. The van der Waals surface area contributed by atoms with E-state index in [9.17, 15) is 22.8 Å². The zero-order valence-corrected chi connectivity index (χ0v) is 15.1. The second-order valence-corrected chi connectivity index (χ2v) is 13.2. The van der Waals surface area contributed by atoms with Crippen molar-refractivity contribution >= 4 is 36.3 Å². The van der Waals surface area contributed by atoms with Gasteiger partial charge in [-0.25, -0.2) is 4.79 Å². The van der Waals surface area contributed by atoms with Crippen LogP contribution < -0.4 is 10.6 Å². The predicted octanol–water partition coefficient (Wildman–Crippen LogP) is -0.473. The number of amides is 3. The van der Waals surface area contributed by atoms with Crippen LogP contribution in [-0.4, -0.2) is 62.1 Å². The highest BCUT2D eigenvalue weighted by molar-refractivity contribution is 7.84. The van der Waals surface area contributed by atoms with Gasteiger partial charge in [-0.3, -0.25) is 14.1 Å². The maximum Gasteiger partial charge on any atom is 0.407 e. The lowest BCUT2D eigenvalue weighted by molar-refractivity contribution is -0.145. The molecule has 0 aromatic rings. The third kappa shape index (κ3) is 5.48. The topological polar surface area (TPSA) is 142 Å². The lowest BCUT2D eigenvalue weighted by Crippen LogP contribution is -2.76. The summed E-state index contributed by atoms with van der Waals surface area (Å²) in [6.45, 7) is 7.57. The lowest BCUT2D eigenvalue weighted by atomic mass is 10.1. The average Bonchev–Trinajstić information content (AvgIpc) is 2.31. The highest BCUT2D eigenvalue weighted by atomic mass is 32.2. The number of nitrogens with zero attached hydrogens (tertiary/aromatic N) is 1. The number of carbonyl (C=O) groups is 3. The van der Waals surface area contributed by atoms with E-state index in [4.69, 9.17) is 9.29 Å². The Bertz CT molecular complexity index is 601. The van der Waals surface area contributed by atoms with Crippen molar-refractivity contribution in [2.45, 2.75) is 44.8 Å². The third-order valence-corrected chi connectivity index (χ3v) is 5.62. The molecule has 3 amide bonds. The van der Waals surface area contributed by atoms with Crippen molar-refractivity contribution in [3.05, 3.63) is 0 Å². The number of nitrogens with one attached hydrogen (secondary N) is 2. The van der Waals surface area contributed by atoms with Crippen molar-refractivity contribution < 1.29 is 32.1 Å². The van der Waals surface area contributed by atoms with Crippen LogP contribution in [0.4, 0.5) is 4.79 Å². The fourth-order valence-electron chi connectivity index (χ4n) is 1.83. The van der Waals surface area contributed by atoms with Crippen molar-refractivity contribution in [3.63, 3.8) is 0 Å². The van der Waals surface area contributed by atoms with Gasteiger partial charge in [0, 0.05) is 15.0 Å². The summed E-state index contributed by atoms with van der Waals surface area (Å²) in [7, 11) is -6.23. The molecule has 23 heavy (non-hydrogen) atoms. The third-order valence-electron chi connectivity index (χ3n) is 3.01. The average molecular weight is 367 g/mol. The molecule has 0 radical (unpaired) electrons. The molecule has 3 N–H and O–H groups in total. The van der Waals surface area contributed by atoms with Crippen molar-refractivity contribution in [2.24, 2.45) is 0 Å². The van der Waals surface area contributed by atoms with Crippen LogP contribution in [0.2, 0.25) is 25.7 Å². The molecule has 0 unspecified atom stereocenters. The van der Waals surface area contributed by atoms with Gasteiger partial charge >= 0.3 is 16.4 Å². The molecule has 0 spiro atoms. The van der Waals surface area contributed by atoms with Crippen LogP contribution in [0.1, 0.15) is 6.92 Å². The summed E-state index contributed by atoms with van der Waals surface area (Å²) in [5, 5.41) is 4.35. The Morgan fingerprint density at radius 2 is 1.87 bits per heavy atom. The van der Waals surface area contributed by atoms with Crippen LogP contribution in [0.3, 0.4) is 0 Å². The molecule has 0 aromatic carbocycles. The van der Waals surface area contributed by atoms with Gasteiger partial charge in [0.25, 0.3) is 5.91 Å². The molecule has 0 bridgehead atoms. The highest BCUT2D eigenvalue weighted by Gasteiger charge is 2.54. The molecule has 1 heterocycles. The molecule has 0 aliphatic carbocycles. The van der Waals surface area contributed by atoms with E-state index in [1.165, 1.54) is 0 Å². The molecule has 0 saturated carbocycles. The normalized spacial score (nSPS) is 21.4. The van der Waals surface area contributed by atoms with E-state index < -0.39 is 48.5 Å². The van der Waals surface area contributed by atoms with Gasteiger partial charge in [0.05, 0.1) is 6.61 Å². The fourth-order valence-corrected chi connectivity index (χ4v) is 3.35. The smallest absolute Gasteiger partial charge is 0.407 e. The maximum absolute atomic E-state index is 11.7. The van der Waals surface area contributed by atoms with Crippen molar-refractivity contribution in [3.8, 4) is 0 Å². The van der Waals surface area contributed by atoms with Gasteiger partial charge in [0.15, 0.2) is 12.2 Å². The first kappa shape index (κ1) is 19.4. The van der Waals surface area contributed by atoms with Gasteiger partial charge in [0.1, 0.15) is 0 Å². The second kappa shape index (κ2) is 6.84. The van der Waals surface area contributed by atoms with E-state index in [1.807, 2.05) is 0 Å². The molecule has 1 fully saturated rings. The summed E-state index contributed by atoms with van der Waals surface area (Å²) in [4.78, 5) is 34.5. The van der Waals surface area contributed by atoms with E-state index in [0.717, 1.165) is 13.0 Å². The Labute approximate surface area is 135 Å². The highest BCUT2D eigenvalue weighted by Crippen LogP contribution is 2.21. The quantitative estimate of drug-likeness (QED) is 0.327. The van der Waals surface area contributed by atoms with E-state index in [1.54, 1.807) is 0 Å². The molecule has 1 aliphatic rings. The summed E-state index contributed by atoms with van der Waals surface area (Å²) < 4.78 is 36.2. The van der Waals surface area contributed by atoms with Crippen LogP contribution in [-0.2, 0) is 24.6 Å². The van der Waals surface area contributed by atoms with Gasteiger partial charge in [0.2, 0.25) is 5.91 Å². The second-order valence-electron chi connectivity index (χ2n) is 6.33. The minimum Gasteiger partial charge on any atom is -0.450 e. The molecule has 1 saturated heterocycles. The molecular formula is C11H21N3O7SSi. The first-order valence-electron chi connectivity index (χ1n) is 6.84. The van der Waals surface area contributed by atoms with E-state index >= 15 is 0 Å². The van der Waals surface area contributed by atoms with Crippen molar-refractivity contribution in [2.75, 3.05) is 6.61 Å². The number of rotatable bonds is 6. The molecular weight excluding hydrogens is 346 g/mol. The molecule has 12 heteroatoms. The van der Waals surface area contributed by atoms with Gasteiger partial charge in [-0.1, -0.05) is 19.6 Å². The number of alkyl carbamates (subject to hydrolysis) is 1. The van der Waals surface area contributed by atoms with Crippen LogP contribution in [0.25, 0.3) is 0 Å². The summed E-state index contributed by atoms with van der Waals surface area (Å²) in [6, 6.07) is -0.592. The number of hydrogen-bond donors (Lipinski definition) is 3. The zero-order chi connectivity index (χ0) is 18.0. The molecule has 2 atom stereocenters. The zero-order valence-electron chi connectivity index (χ0n) is 13.3. The van der Waals surface area contributed by atoms with Gasteiger partial charge in [-0.2, -0.15) is 12.7 Å². The first-order chi connectivity index (χ1) is 10.3. The molecule has 1 aliphatic heterocycles. The largest absolute Gasteiger partial charge is 0.450 e. The van der Waals surface area contributed by atoms with Gasteiger partial charge in [-0.05, 0) is 6.04 Å². The summed E-state index contributed by atoms with van der Waals surface area (Å²) >= 11 is 0. The van der Waals surface area contributed by atoms with Gasteiger partial charge < -0.3 is 15.4 Å². The Kier molecular flexibility index (Phi) is 5.77. The Morgan fingerprint density at radius 1 is 1.30 bits per heavy atom. The standard InChI is InChI=1S/C11H21N3O7SSi/c1-7(15)12-9-8(10(16)14(9)22(18,19)20)13-11(17)21-5-6-23(2,3)4/h8-9H,5-6H2,1-4H3,(H,12,15)(H,13,17)(H,18,19,20)/t8-,9-/m0/s1. The van der Waals surface area contributed by atoms with Gasteiger partial charge in [-0.15, -0.1) is 0 Å². The molecule has 10 nitrogen and oxygen atoms in total. The van der Waals surface area contributed by atoms with Crippen molar-refractivity contribution in [1.29, 1.82) is 0 Å². The fraction of sp³-hybridized carbons (Fsp3) is 0.727. The monoisotopic (exact) mass is 367 g/mol. The lowest BCUT2D eigenvalue weighted by Gasteiger charge is -2.43. The summed E-state index contributed by atoms with van der Waals surface area (Å²) in [5.41, 5.74) is 0. The maximum atomic E-state index is 11.7. The SMILES string of the molecule is CC(=O)N[C@@H]1[C@H](NC(=O)OCC[Si](C)(C)C)C(=O)N1S(=O)(=O)O. The van der Waals surface area contributed by atoms with E-state index in [2.05, 4.69) is 30.3 Å². The Hall–Kier alpha value is -1.66. The van der Waals surface area contributed by atoms with Crippen LogP contribution in [0.5, 0.6) is 0 Å². The molecule has 132 valence electrons. The first-order valence-corrected chi connectivity index (χ1v) is 11.9. The van der Waals surface area contributed by atoms with E-state index in [0.29, 0.717) is 0 Å². The van der Waals surface area contributed by atoms with Crippen LogP contribution in [0, 0.1) is 0 Å². The predicted molar refractivity (Wildman–Crippen MR) is 82.4 cm³/mol. The number of carbonyl (C=O) groups excluding carboxylic acids is 3. The number of ether oxygens (including phenoxy) is 1. The number of hydrogen-bond acceptors (Lipinski definition) is 6. The summed E-state index contributed by atoms with van der Waals surface area (Å²) in [5.74, 6) is -1.69.